The number of hydrogen-bond donors (Lipinski definition) is 1. The smallest absolute Gasteiger partial charge is 0.337 e. The molecule has 5 heteroatoms. The molecular formula is C22H24N2O3. The van der Waals surface area contributed by atoms with Crippen LogP contribution in [-0.4, -0.2) is 22.0 Å². The second-order valence-electron chi connectivity index (χ2n) is 8.91. The van der Waals surface area contributed by atoms with Gasteiger partial charge in [-0.05, 0) is 58.6 Å². The lowest BCUT2D eigenvalue weighted by atomic mass is 9.63. The van der Waals surface area contributed by atoms with Crippen LogP contribution in [0.3, 0.4) is 0 Å². The molecule has 1 aromatic carbocycles. The first kappa shape index (κ1) is 17.7. The van der Waals surface area contributed by atoms with E-state index in [-0.39, 0.29) is 22.3 Å². The molecule has 0 saturated carbocycles. The average molecular weight is 364 g/mol. The molecule has 5 nitrogen and oxygen atoms in total. The summed E-state index contributed by atoms with van der Waals surface area (Å²) in [6, 6.07) is 7.45. The number of carboxylic acids is 1. The molecule has 2 aliphatic rings. The highest BCUT2D eigenvalue weighted by Gasteiger charge is 2.40. The normalized spacial score (nSPS) is 19.6. The highest BCUT2D eigenvalue weighted by atomic mass is 16.4. The van der Waals surface area contributed by atoms with Gasteiger partial charge in [0.15, 0.2) is 0 Å². The lowest BCUT2D eigenvalue weighted by Crippen LogP contribution is -2.34. The third-order valence-corrected chi connectivity index (χ3v) is 6.11. The van der Waals surface area contributed by atoms with Gasteiger partial charge in [-0.3, -0.25) is 9.69 Å². The molecule has 1 N–H and O–H groups in total. The fraction of sp³-hybridized carbons (Fsp3) is 0.409. The van der Waals surface area contributed by atoms with Crippen molar-refractivity contribution in [2.45, 2.75) is 57.8 Å². The van der Waals surface area contributed by atoms with Gasteiger partial charge in [0, 0.05) is 6.20 Å². The van der Waals surface area contributed by atoms with Crippen LogP contribution in [0.25, 0.3) is 0 Å². The van der Waals surface area contributed by atoms with Crippen LogP contribution < -0.4 is 4.90 Å². The Morgan fingerprint density at radius 2 is 1.70 bits per heavy atom. The van der Waals surface area contributed by atoms with Gasteiger partial charge in [0.2, 0.25) is 5.91 Å². The Morgan fingerprint density at radius 3 is 2.26 bits per heavy atom. The van der Waals surface area contributed by atoms with Crippen LogP contribution in [0.5, 0.6) is 0 Å². The SMILES string of the molecule is CC1(C)CCC(C)(C)c2cc3c(cc21)CC(=O)N3c1ccc(C(=O)O)cn1. The fourth-order valence-corrected chi connectivity index (χ4v) is 4.27. The van der Waals surface area contributed by atoms with Crippen molar-refractivity contribution < 1.29 is 14.7 Å². The van der Waals surface area contributed by atoms with E-state index in [1.165, 1.54) is 23.4 Å². The van der Waals surface area contributed by atoms with Crippen molar-refractivity contribution in [2.24, 2.45) is 0 Å². The monoisotopic (exact) mass is 364 g/mol. The molecule has 0 unspecified atom stereocenters. The summed E-state index contributed by atoms with van der Waals surface area (Å²) in [4.78, 5) is 29.7. The van der Waals surface area contributed by atoms with Crippen molar-refractivity contribution in [1.29, 1.82) is 0 Å². The molecule has 27 heavy (non-hydrogen) atoms. The first-order valence-electron chi connectivity index (χ1n) is 9.30. The van der Waals surface area contributed by atoms with Gasteiger partial charge >= 0.3 is 5.97 Å². The predicted octanol–water partition coefficient (Wildman–Crippen LogP) is 4.35. The van der Waals surface area contributed by atoms with Crippen LogP contribution in [-0.2, 0) is 22.0 Å². The van der Waals surface area contributed by atoms with Gasteiger partial charge < -0.3 is 5.11 Å². The number of carboxylic acid groups (broad SMARTS) is 1. The molecule has 0 radical (unpaired) electrons. The number of hydrogen-bond acceptors (Lipinski definition) is 3. The van der Waals surface area contributed by atoms with Gasteiger partial charge in [-0.15, -0.1) is 0 Å². The molecule has 1 aliphatic heterocycles. The fourth-order valence-electron chi connectivity index (χ4n) is 4.27. The van der Waals surface area contributed by atoms with E-state index >= 15 is 0 Å². The molecule has 1 aliphatic carbocycles. The van der Waals surface area contributed by atoms with Crippen molar-refractivity contribution >= 4 is 23.4 Å². The Labute approximate surface area is 159 Å². The molecular weight excluding hydrogens is 340 g/mol. The van der Waals surface area contributed by atoms with E-state index in [9.17, 15) is 9.59 Å². The van der Waals surface area contributed by atoms with E-state index in [2.05, 4.69) is 44.8 Å². The predicted molar refractivity (Wildman–Crippen MR) is 104 cm³/mol. The highest BCUT2D eigenvalue weighted by molar-refractivity contribution is 6.07. The number of carbonyl (C=O) groups excluding carboxylic acids is 1. The topological polar surface area (TPSA) is 70.5 Å². The number of aromatic carboxylic acids is 1. The molecule has 4 rings (SSSR count). The highest BCUT2D eigenvalue weighted by Crippen LogP contribution is 2.49. The van der Waals surface area contributed by atoms with Crippen LogP contribution >= 0.6 is 0 Å². The first-order valence-corrected chi connectivity index (χ1v) is 9.30. The zero-order valence-electron chi connectivity index (χ0n) is 16.2. The van der Waals surface area contributed by atoms with Gasteiger partial charge in [0.25, 0.3) is 0 Å². The molecule has 0 bridgehead atoms. The second kappa shape index (κ2) is 5.65. The van der Waals surface area contributed by atoms with Crippen LogP contribution in [0.4, 0.5) is 11.5 Å². The van der Waals surface area contributed by atoms with Gasteiger partial charge in [-0.2, -0.15) is 0 Å². The number of pyridine rings is 1. The van der Waals surface area contributed by atoms with Gasteiger partial charge in [-0.25, -0.2) is 9.78 Å². The summed E-state index contributed by atoms with van der Waals surface area (Å²) in [6.07, 6.45) is 3.88. The lowest BCUT2D eigenvalue weighted by Gasteiger charge is -2.42. The summed E-state index contributed by atoms with van der Waals surface area (Å²) in [6.45, 7) is 9.06. The first-order chi connectivity index (χ1) is 12.6. The number of nitrogens with zero attached hydrogens (tertiary/aromatic N) is 2. The number of aromatic nitrogens is 1. The molecule has 2 heterocycles. The number of fused-ring (bicyclic) bond motifs is 2. The summed E-state index contributed by atoms with van der Waals surface area (Å²) >= 11 is 0. The Hall–Kier alpha value is -2.69. The van der Waals surface area contributed by atoms with Crippen LogP contribution in [0, 0.1) is 0 Å². The van der Waals surface area contributed by atoms with Gasteiger partial charge in [-0.1, -0.05) is 33.8 Å². The van der Waals surface area contributed by atoms with Crippen molar-refractivity contribution in [2.75, 3.05) is 4.90 Å². The summed E-state index contributed by atoms with van der Waals surface area (Å²) < 4.78 is 0. The summed E-state index contributed by atoms with van der Waals surface area (Å²) in [5.74, 6) is -0.588. The number of anilines is 2. The lowest BCUT2D eigenvalue weighted by molar-refractivity contribution is -0.116. The van der Waals surface area contributed by atoms with Gasteiger partial charge in [0.05, 0.1) is 17.7 Å². The molecule has 2 aromatic rings. The van der Waals surface area contributed by atoms with E-state index in [1.54, 1.807) is 11.0 Å². The number of benzene rings is 1. The van der Waals surface area contributed by atoms with Gasteiger partial charge in [0.1, 0.15) is 5.82 Å². The van der Waals surface area contributed by atoms with E-state index in [0.29, 0.717) is 12.2 Å². The zero-order chi connectivity index (χ0) is 19.6. The van der Waals surface area contributed by atoms with Crippen LogP contribution in [0.1, 0.15) is 67.6 Å². The third-order valence-electron chi connectivity index (χ3n) is 6.11. The maximum Gasteiger partial charge on any atom is 0.337 e. The molecule has 1 amide bonds. The Balaban J connectivity index is 1.84. The summed E-state index contributed by atoms with van der Waals surface area (Å²) in [5, 5.41) is 9.07. The molecule has 0 atom stereocenters. The Kier molecular flexibility index (Phi) is 3.71. The second-order valence-corrected chi connectivity index (χ2v) is 8.91. The van der Waals surface area contributed by atoms with Crippen LogP contribution in [0.15, 0.2) is 30.5 Å². The quantitative estimate of drug-likeness (QED) is 0.860. The number of carbonyl (C=O) groups is 2. The van der Waals surface area contributed by atoms with E-state index < -0.39 is 5.97 Å². The molecule has 140 valence electrons. The van der Waals surface area contributed by atoms with Crippen LogP contribution in [0.2, 0.25) is 0 Å². The third kappa shape index (κ3) is 2.73. The molecule has 0 fully saturated rings. The molecule has 1 aromatic heterocycles. The Morgan fingerprint density at radius 1 is 1.07 bits per heavy atom. The maximum atomic E-state index is 12.8. The van der Waals surface area contributed by atoms with E-state index in [4.69, 9.17) is 5.11 Å². The summed E-state index contributed by atoms with van der Waals surface area (Å²) in [5.41, 5.74) is 4.78. The number of amides is 1. The van der Waals surface area contributed by atoms with Crippen molar-refractivity contribution in [3.05, 3.63) is 52.7 Å². The Bertz CT molecular complexity index is 958. The van der Waals surface area contributed by atoms with Crippen molar-refractivity contribution in [3.63, 3.8) is 0 Å². The van der Waals surface area contributed by atoms with E-state index in [1.807, 2.05) is 0 Å². The average Bonchev–Trinajstić information content (AvgIpc) is 2.93. The minimum atomic E-state index is -1.03. The van der Waals surface area contributed by atoms with E-state index in [0.717, 1.165) is 24.1 Å². The largest absolute Gasteiger partial charge is 0.478 e. The number of rotatable bonds is 2. The minimum absolute atomic E-state index is 0.0291. The standard InChI is InChI=1S/C22H24N2O3/c1-21(2)7-8-22(3,4)16-11-17-14(9-15(16)21)10-19(25)24(17)18-6-5-13(12-23-18)20(26)27/h5-6,9,11-12H,7-8,10H2,1-4H3,(H,26,27). The molecule has 0 saturated heterocycles. The summed E-state index contributed by atoms with van der Waals surface area (Å²) in [7, 11) is 0. The van der Waals surface area contributed by atoms with Crippen molar-refractivity contribution in [1.82, 2.24) is 4.98 Å². The zero-order valence-corrected chi connectivity index (χ0v) is 16.2. The van der Waals surface area contributed by atoms with Crippen molar-refractivity contribution in [3.8, 4) is 0 Å². The maximum absolute atomic E-state index is 12.8. The molecule has 0 spiro atoms. The minimum Gasteiger partial charge on any atom is -0.478 e.